The lowest BCUT2D eigenvalue weighted by Crippen LogP contribution is -2.35. The van der Waals surface area contributed by atoms with E-state index in [1.54, 1.807) is 6.07 Å². The van der Waals surface area contributed by atoms with Crippen LogP contribution in [-0.4, -0.2) is 27.7 Å². The first-order chi connectivity index (χ1) is 11.3. The molecule has 2 rings (SSSR count). The van der Waals surface area contributed by atoms with Crippen LogP contribution in [0.5, 0.6) is 0 Å². The number of benzene rings is 1. The molecule has 1 aromatic carbocycles. The molecule has 0 saturated carbocycles. The lowest BCUT2D eigenvalue weighted by Gasteiger charge is -2.09. The monoisotopic (exact) mass is 347 g/mol. The Morgan fingerprint density at radius 2 is 2.04 bits per heavy atom. The number of H-pyrrole nitrogens is 1. The molecular weight excluding hydrogens is 330 g/mol. The van der Waals surface area contributed by atoms with Gasteiger partial charge in [0.05, 0.1) is 5.75 Å². The van der Waals surface area contributed by atoms with Gasteiger partial charge in [-0.05, 0) is 25.5 Å². The number of nitrogens with two attached hydrogens (primary N) is 1. The van der Waals surface area contributed by atoms with Gasteiger partial charge in [0, 0.05) is 11.8 Å². The molecule has 24 heavy (non-hydrogen) atoms. The summed E-state index contributed by atoms with van der Waals surface area (Å²) in [6.07, 6.45) is 0. The summed E-state index contributed by atoms with van der Waals surface area (Å²) < 4.78 is 0. The van der Waals surface area contributed by atoms with Crippen LogP contribution in [0.3, 0.4) is 0 Å². The van der Waals surface area contributed by atoms with Crippen molar-refractivity contribution in [2.45, 2.75) is 19.0 Å². The number of nitrogens with zero attached hydrogens (tertiary/aromatic N) is 1. The van der Waals surface area contributed by atoms with Crippen molar-refractivity contribution in [2.75, 3.05) is 16.8 Å². The smallest absolute Gasteiger partial charge is 0.325 e. The highest BCUT2D eigenvalue weighted by molar-refractivity contribution is 7.99. The van der Waals surface area contributed by atoms with Gasteiger partial charge in [0.15, 0.2) is 5.16 Å². The molecule has 9 heteroatoms. The Morgan fingerprint density at radius 1 is 1.29 bits per heavy atom. The molecular formula is C15H17N5O3S. The largest absolute Gasteiger partial charge is 0.383 e. The summed E-state index contributed by atoms with van der Waals surface area (Å²) in [4.78, 5) is 41.2. The molecule has 1 aromatic heterocycles. The molecule has 0 unspecified atom stereocenters. The maximum Gasteiger partial charge on any atom is 0.325 e. The van der Waals surface area contributed by atoms with E-state index < -0.39 is 17.5 Å². The number of aromatic nitrogens is 2. The molecule has 8 nitrogen and oxygen atoms in total. The first-order valence-electron chi connectivity index (χ1n) is 7.01. The van der Waals surface area contributed by atoms with Crippen LogP contribution >= 0.6 is 11.8 Å². The Labute approximate surface area is 142 Å². The minimum Gasteiger partial charge on any atom is -0.383 e. The summed E-state index contributed by atoms with van der Waals surface area (Å²) in [6, 6.07) is 6.07. The van der Waals surface area contributed by atoms with E-state index in [9.17, 15) is 14.4 Å². The van der Waals surface area contributed by atoms with E-state index in [1.165, 1.54) is 0 Å². The van der Waals surface area contributed by atoms with Crippen molar-refractivity contribution >= 4 is 35.2 Å². The van der Waals surface area contributed by atoms with Gasteiger partial charge in [-0.15, -0.1) is 0 Å². The van der Waals surface area contributed by atoms with Gasteiger partial charge >= 0.3 is 6.03 Å². The number of nitrogens with one attached hydrogen (secondary N) is 3. The first-order valence-corrected chi connectivity index (χ1v) is 8.00. The Balaban J connectivity index is 1.87. The molecule has 0 saturated heterocycles. The van der Waals surface area contributed by atoms with E-state index in [4.69, 9.17) is 5.73 Å². The second-order valence-electron chi connectivity index (χ2n) is 5.08. The van der Waals surface area contributed by atoms with Crippen molar-refractivity contribution in [3.8, 4) is 0 Å². The average Bonchev–Trinajstić information content (AvgIpc) is 2.47. The number of carbonyl (C=O) groups excluding carboxylic acids is 2. The maximum absolute atomic E-state index is 11.8. The zero-order chi connectivity index (χ0) is 17.7. The number of aromatic amines is 1. The number of carbonyl (C=O) groups is 2. The zero-order valence-corrected chi connectivity index (χ0v) is 14.0. The fraction of sp³-hybridized carbons (Fsp3) is 0.200. The van der Waals surface area contributed by atoms with Crippen LogP contribution in [0.2, 0.25) is 0 Å². The Bertz CT molecular complexity index is 834. The van der Waals surface area contributed by atoms with Crippen LogP contribution in [0.1, 0.15) is 11.1 Å². The number of imide groups is 1. The normalized spacial score (nSPS) is 10.2. The molecule has 5 N–H and O–H groups in total. The molecule has 1 heterocycles. The lowest BCUT2D eigenvalue weighted by atomic mass is 10.1. The summed E-state index contributed by atoms with van der Waals surface area (Å²) in [5.41, 5.74) is 7.64. The number of rotatable bonds is 4. The van der Waals surface area contributed by atoms with Gasteiger partial charge in [0.2, 0.25) is 5.91 Å². The SMILES string of the molecule is Cc1ccc(NC(=O)NC(=O)CSc2nc(N)cc(=O)[nH]2)c(C)c1. The Kier molecular flexibility index (Phi) is 5.59. The standard InChI is InChI=1S/C15H17N5O3S/c1-8-3-4-10(9(2)5-8)17-14(23)19-13(22)7-24-15-18-11(16)6-12(21)20-15/h3-6H,7H2,1-2H3,(H3,16,18,20,21)(H2,17,19,22,23). The fourth-order valence-corrected chi connectivity index (χ4v) is 2.61. The third-order valence-corrected chi connectivity index (χ3v) is 3.84. The topological polar surface area (TPSA) is 130 Å². The molecule has 0 aliphatic rings. The third-order valence-electron chi connectivity index (χ3n) is 2.96. The van der Waals surface area contributed by atoms with Crippen molar-refractivity contribution in [1.82, 2.24) is 15.3 Å². The highest BCUT2D eigenvalue weighted by Crippen LogP contribution is 2.16. The van der Waals surface area contributed by atoms with E-state index in [0.717, 1.165) is 29.0 Å². The highest BCUT2D eigenvalue weighted by Gasteiger charge is 2.11. The average molecular weight is 347 g/mol. The molecule has 2 aromatic rings. The number of urea groups is 1. The maximum atomic E-state index is 11.8. The van der Waals surface area contributed by atoms with E-state index in [-0.39, 0.29) is 16.7 Å². The molecule has 0 fully saturated rings. The van der Waals surface area contributed by atoms with Crippen molar-refractivity contribution < 1.29 is 9.59 Å². The van der Waals surface area contributed by atoms with E-state index in [2.05, 4.69) is 20.6 Å². The number of hydrogen-bond acceptors (Lipinski definition) is 6. The summed E-state index contributed by atoms with van der Waals surface area (Å²) in [6.45, 7) is 3.81. The van der Waals surface area contributed by atoms with E-state index >= 15 is 0 Å². The van der Waals surface area contributed by atoms with E-state index in [0.29, 0.717) is 5.69 Å². The van der Waals surface area contributed by atoms with Crippen molar-refractivity contribution in [2.24, 2.45) is 0 Å². The van der Waals surface area contributed by atoms with E-state index in [1.807, 2.05) is 26.0 Å². The van der Waals surface area contributed by atoms with Crippen LogP contribution < -0.4 is 21.9 Å². The minimum atomic E-state index is -0.624. The summed E-state index contributed by atoms with van der Waals surface area (Å²) in [5, 5.41) is 5.03. The third kappa shape index (κ3) is 5.13. The van der Waals surface area contributed by atoms with Gasteiger partial charge < -0.3 is 16.0 Å². The molecule has 0 aliphatic heterocycles. The second kappa shape index (κ2) is 7.64. The predicted octanol–water partition coefficient (Wildman–Crippen LogP) is 1.41. The number of amides is 3. The van der Waals surface area contributed by atoms with Gasteiger partial charge in [-0.25, -0.2) is 9.78 Å². The molecule has 126 valence electrons. The molecule has 3 amide bonds. The fourth-order valence-electron chi connectivity index (χ4n) is 1.93. The zero-order valence-electron chi connectivity index (χ0n) is 13.2. The second-order valence-corrected chi connectivity index (χ2v) is 6.05. The minimum absolute atomic E-state index is 0.0641. The molecule has 0 aliphatic carbocycles. The molecule has 0 bridgehead atoms. The van der Waals surface area contributed by atoms with Gasteiger partial charge in [0.1, 0.15) is 5.82 Å². The number of aryl methyl sites for hydroxylation is 2. The van der Waals surface area contributed by atoms with Crippen molar-refractivity contribution in [3.63, 3.8) is 0 Å². The summed E-state index contributed by atoms with van der Waals surface area (Å²) in [5.74, 6) is -0.547. The summed E-state index contributed by atoms with van der Waals surface area (Å²) in [7, 11) is 0. The van der Waals surface area contributed by atoms with Crippen molar-refractivity contribution in [1.29, 1.82) is 0 Å². The van der Waals surface area contributed by atoms with Crippen LogP contribution in [0.15, 0.2) is 34.2 Å². The Morgan fingerprint density at radius 3 is 2.71 bits per heavy atom. The van der Waals surface area contributed by atoms with Crippen LogP contribution in [-0.2, 0) is 4.79 Å². The quantitative estimate of drug-likeness (QED) is 0.489. The molecule has 0 radical (unpaired) electrons. The first kappa shape index (κ1) is 17.5. The number of anilines is 2. The van der Waals surface area contributed by atoms with Gasteiger partial charge in [-0.1, -0.05) is 29.5 Å². The van der Waals surface area contributed by atoms with Gasteiger partial charge in [0.25, 0.3) is 5.56 Å². The number of thioether (sulfide) groups is 1. The predicted molar refractivity (Wildman–Crippen MR) is 93.1 cm³/mol. The molecule has 0 spiro atoms. The number of hydrogen-bond donors (Lipinski definition) is 4. The molecule has 0 atom stereocenters. The van der Waals surface area contributed by atoms with Crippen LogP contribution in [0.4, 0.5) is 16.3 Å². The van der Waals surface area contributed by atoms with Crippen molar-refractivity contribution in [3.05, 3.63) is 45.7 Å². The van der Waals surface area contributed by atoms with Gasteiger partial charge in [-0.2, -0.15) is 0 Å². The Hall–Kier alpha value is -2.81. The van der Waals surface area contributed by atoms with Gasteiger partial charge in [-0.3, -0.25) is 14.9 Å². The van der Waals surface area contributed by atoms with Crippen LogP contribution in [0, 0.1) is 13.8 Å². The highest BCUT2D eigenvalue weighted by atomic mass is 32.2. The number of nitrogen functional groups attached to an aromatic ring is 1. The summed E-state index contributed by atoms with van der Waals surface area (Å²) >= 11 is 0.972. The lowest BCUT2D eigenvalue weighted by molar-refractivity contribution is -0.117. The van der Waals surface area contributed by atoms with Crippen LogP contribution in [0.25, 0.3) is 0 Å².